The van der Waals surface area contributed by atoms with E-state index in [0.717, 1.165) is 5.56 Å². The molecule has 0 saturated carbocycles. The van der Waals surface area contributed by atoms with Gasteiger partial charge in [-0.1, -0.05) is 48.9 Å². The molecule has 6 nitrogen and oxygen atoms in total. The largest absolute Gasteiger partial charge is 0.379 e. The first-order valence-electron chi connectivity index (χ1n) is 9.16. The van der Waals surface area contributed by atoms with Crippen LogP contribution < -0.4 is 5.32 Å². The average molecular weight is 423 g/mol. The number of carbonyl (C=O) groups is 1. The lowest BCUT2D eigenvalue weighted by atomic mass is 9.95. The third-order valence-electron chi connectivity index (χ3n) is 4.71. The Labute approximate surface area is 170 Å². The Kier molecular flexibility index (Phi) is 6.72. The van der Waals surface area contributed by atoms with Crippen LogP contribution in [0.25, 0.3) is 0 Å². The predicted molar refractivity (Wildman–Crippen MR) is 109 cm³/mol. The zero-order valence-electron chi connectivity index (χ0n) is 15.6. The highest BCUT2D eigenvalue weighted by Crippen LogP contribution is 2.29. The van der Waals surface area contributed by atoms with Crippen LogP contribution in [0.1, 0.15) is 24.8 Å². The second-order valence-corrected chi connectivity index (χ2v) is 8.84. The van der Waals surface area contributed by atoms with E-state index in [1.807, 2.05) is 37.3 Å². The molecule has 1 heterocycles. The van der Waals surface area contributed by atoms with Crippen molar-refractivity contribution in [2.24, 2.45) is 0 Å². The van der Waals surface area contributed by atoms with Crippen molar-refractivity contribution in [1.82, 2.24) is 4.31 Å². The minimum Gasteiger partial charge on any atom is -0.379 e. The summed E-state index contributed by atoms with van der Waals surface area (Å²) >= 11 is 6.17. The zero-order valence-corrected chi connectivity index (χ0v) is 17.2. The molecule has 0 aliphatic carbocycles. The van der Waals surface area contributed by atoms with Gasteiger partial charge in [-0.25, -0.2) is 8.42 Å². The summed E-state index contributed by atoms with van der Waals surface area (Å²) in [6, 6.07) is 14.0. The zero-order chi connectivity index (χ0) is 20.1. The SMILES string of the molecule is CCC(C(=O)Nc1ccc(Cl)c(S(=O)(=O)N2CCOCC2)c1)c1ccccc1. The molecule has 0 radical (unpaired) electrons. The van der Waals surface area contributed by atoms with Gasteiger partial charge in [0.1, 0.15) is 4.90 Å². The van der Waals surface area contributed by atoms with Crippen LogP contribution in [0.15, 0.2) is 53.4 Å². The summed E-state index contributed by atoms with van der Waals surface area (Å²) < 4.78 is 32.4. The van der Waals surface area contributed by atoms with E-state index in [2.05, 4.69) is 5.32 Å². The maximum absolute atomic E-state index is 12.9. The lowest BCUT2D eigenvalue weighted by molar-refractivity contribution is -0.117. The monoisotopic (exact) mass is 422 g/mol. The lowest BCUT2D eigenvalue weighted by Crippen LogP contribution is -2.40. The number of hydrogen-bond acceptors (Lipinski definition) is 4. The van der Waals surface area contributed by atoms with Gasteiger partial charge >= 0.3 is 0 Å². The number of hydrogen-bond donors (Lipinski definition) is 1. The molecule has 1 amide bonds. The molecule has 0 bridgehead atoms. The topological polar surface area (TPSA) is 75.7 Å². The fourth-order valence-electron chi connectivity index (χ4n) is 3.19. The molecule has 28 heavy (non-hydrogen) atoms. The molecule has 150 valence electrons. The fourth-order valence-corrected chi connectivity index (χ4v) is 5.10. The molecule has 0 spiro atoms. The molecule has 1 aliphatic rings. The normalized spacial score (nSPS) is 16.5. The summed E-state index contributed by atoms with van der Waals surface area (Å²) in [7, 11) is -3.76. The van der Waals surface area contributed by atoms with E-state index in [9.17, 15) is 13.2 Å². The summed E-state index contributed by atoms with van der Waals surface area (Å²) in [4.78, 5) is 12.8. The highest BCUT2D eigenvalue weighted by atomic mass is 35.5. The van der Waals surface area contributed by atoms with Crippen LogP contribution in [0.3, 0.4) is 0 Å². The number of amides is 1. The summed E-state index contributed by atoms with van der Waals surface area (Å²) in [6.45, 7) is 3.20. The maximum atomic E-state index is 12.9. The first kappa shape index (κ1) is 20.8. The standard InChI is InChI=1S/C20H23ClN2O4S/c1-2-17(15-6-4-3-5-7-15)20(24)22-16-8-9-18(21)19(14-16)28(25,26)23-10-12-27-13-11-23/h3-9,14,17H,2,10-13H2,1H3,(H,22,24). The Hall–Kier alpha value is -1.93. The first-order chi connectivity index (χ1) is 13.4. The summed E-state index contributed by atoms with van der Waals surface area (Å²) in [5, 5.41) is 2.95. The number of rotatable bonds is 6. The van der Waals surface area contributed by atoms with Crippen molar-refractivity contribution in [3.8, 4) is 0 Å². The Morgan fingerprint density at radius 2 is 1.86 bits per heavy atom. The molecule has 1 saturated heterocycles. The first-order valence-corrected chi connectivity index (χ1v) is 11.0. The molecule has 2 aromatic rings. The van der Waals surface area contributed by atoms with Crippen LogP contribution in [0.4, 0.5) is 5.69 Å². The number of anilines is 1. The number of halogens is 1. The van der Waals surface area contributed by atoms with Crippen LogP contribution >= 0.6 is 11.6 Å². The molecule has 3 rings (SSSR count). The van der Waals surface area contributed by atoms with Gasteiger partial charge in [-0.15, -0.1) is 0 Å². The molecule has 1 unspecified atom stereocenters. The van der Waals surface area contributed by atoms with Crippen LogP contribution in [0.5, 0.6) is 0 Å². The van der Waals surface area contributed by atoms with Crippen LogP contribution in [-0.4, -0.2) is 44.9 Å². The van der Waals surface area contributed by atoms with Crippen LogP contribution in [0, 0.1) is 0 Å². The number of nitrogens with zero attached hydrogens (tertiary/aromatic N) is 1. The molecule has 1 fully saturated rings. The molecular weight excluding hydrogens is 400 g/mol. The third-order valence-corrected chi connectivity index (χ3v) is 7.09. The molecule has 8 heteroatoms. The highest BCUT2D eigenvalue weighted by molar-refractivity contribution is 7.89. The van der Waals surface area contributed by atoms with E-state index in [1.54, 1.807) is 6.07 Å². The molecule has 1 N–H and O–H groups in total. The smallest absolute Gasteiger partial charge is 0.244 e. The van der Waals surface area contributed by atoms with Gasteiger partial charge in [-0.05, 0) is 30.2 Å². The van der Waals surface area contributed by atoms with Crippen LogP contribution in [0.2, 0.25) is 5.02 Å². The van der Waals surface area contributed by atoms with Gasteiger partial charge in [0, 0.05) is 18.8 Å². The van der Waals surface area contributed by atoms with E-state index >= 15 is 0 Å². The lowest BCUT2D eigenvalue weighted by Gasteiger charge is -2.26. The predicted octanol–water partition coefficient (Wildman–Crippen LogP) is 3.49. The minimum absolute atomic E-state index is 0.0124. The van der Waals surface area contributed by atoms with Crippen LogP contribution in [-0.2, 0) is 19.6 Å². The summed E-state index contributed by atoms with van der Waals surface area (Å²) in [5.74, 6) is -0.512. The van der Waals surface area contributed by atoms with Gasteiger partial charge in [-0.3, -0.25) is 4.79 Å². The van der Waals surface area contributed by atoms with E-state index in [-0.39, 0.29) is 34.8 Å². The van der Waals surface area contributed by atoms with Crippen molar-refractivity contribution in [2.75, 3.05) is 31.6 Å². The van der Waals surface area contributed by atoms with E-state index in [1.165, 1.54) is 16.4 Å². The van der Waals surface area contributed by atoms with Gasteiger partial charge in [0.25, 0.3) is 0 Å². The van der Waals surface area contributed by atoms with Crippen molar-refractivity contribution in [2.45, 2.75) is 24.2 Å². The van der Waals surface area contributed by atoms with Gasteiger partial charge in [0.15, 0.2) is 0 Å². The van der Waals surface area contributed by atoms with Gasteiger partial charge in [0.05, 0.1) is 24.2 Å². The van der Waals surface area contributed by atoms with Gasteiger partial charge in [0.2, 0.25) is 15.9 Å². The molecule has 1 aliphatic heterocycles. The van der Waals surface area contributed by atoms with Crippen molar-refractivity contribution in [1.29, 1.82) is 0 Å². The van der Waals surface area contributed by atoms with E-state index in [0.29, 0.717) is 25.3 Å². The highest BCUT2D eigenvalue weighted by Gasteiger charge is 2.29. The number of sulfonamides is 1. The summed E-state index contributed by atoms with van der Waals surface area (Å²) in [6.07, 6.45) is 0.627. The van der Waals surface area contributed by atoms with Gasteiger partial charge in [-0.2, -0.15) is 4.31 Å². The molecule has 0 aromatic heterocycles. The summed E-state index contributed by atoms with van der Waals surface area (Å²) in [5.41, 5.74) is 1.31. The molecule has 1 atom stereocenters. The quantitative estimate of drug-likeness (QED) is 0.773. The Balaban J connectivity index is 1.84. The van der Waals surface area contributed by atoms with Gasteiger partial charge < -0.3 is 10.1 Å². The molecular formula is C20H23ClN2O4S. The van der Waals surface area contributed by atoms with Crippen molar-refractivity contribution >= 4 is 33.2 Å². The second kappa shape index (κ2) is 9.05. The van der Waals surface area contributed by atoms with Crippen molar-refractivity contribution in [3.63, 3.8) is 0 Å². The number of carbonyl (C=O) groups excluding carboxylic acids is 1. The molecule has 2 aromatic carbocycles. The Bertz CT molecular complexity index is 928. The second-order valence-electron chi connectivity index (χ2n) is 6.52. The number of ether oxygens (including phenoxy) is 1. The van der Waals surface area contributed by atoms with E-state index in [4.69, 9.17) is 16.3 Å². The third kappa shape index (κ3) is 4.55. The fraction of sp³-hybridized carbons (Fsp3) is 0.350. The number of benzene rings is 2. The van der Waals surface area contributed by atoms with Crippen molar-refractivity contribution < 1.29 is 17.9 Å². The maximum Gasteiger partial charge on any atom is 0.244 e. The minimum atomic E-state index is -3.76. The van der Waals surface area contributed by atoms with E-state index < -0.39 is 10.0 Å². The number of morpholine rings is 1. The Morgan fingerprint density at radius 3 is 2.50 bits per heavy atom. The number of nitrogens with one attached hydrogen (secondary N) is 1. The van der Waals surface area contributed by atoms with Crippen molar-refractivity contribution in [3.05, 3.63) is 59.1 Å². The Morgan fingerprint density at radius 1 is 1.18 bits per heavy atom. The average Bonchev–Trinajstić information content (AvgIpc) is 2.71.